The van der Waals surface area contributed by atoms with Crippen LogP contribution in [0, 0.1) is 0 Å². The fraction of sp³-hybridized carbons (Fsp3) is 0.414. The van der Waals surface area contributed by atoms with Crippen molar-refractivity contribution in [2.45, 2.75) is 69.1 Å². The molecule has 2 aromatic rings. The minimum absolute atomic E-state index is 0.0436. The highest BCUT2D eigenvalue weighted by molar-refractivity contribution is 5.94. The first-order valence-corrected chi connectivity index (χ1v) is 13.6. The van der Waals surface area contributed by atoms with Crippen molar-refractivity contribution in [1.29, 1.82) is 0 Å². The van der Waals surface area contributed by atoms with Gasteiger partial charge in [0.1, 0.15) is 18.1 Å². The number of rotatable bonds is 18. The summed E-state index contributed by atoms with van der Waals surface area (Å²) in [5, 5.41) is 17.4. The molecule has 0 fully saturated rings. The van der Waals surface area contributed by atoms with Gasteiger partial charge in [0.15, 0.2) is 0 Å². The summed E-state index contributed by atoms with van der Waals surface area (Å²) in [4.78, 5) is 62.7. The van der Waals surface area contributed by atoms with Crippen molar-refractivity contribution < 1.29 is 29.1 Å². The minimum atomic E-state index is -1.24. The summed E-state index contributed by atoms with van der Waals surface area (Å²) >= 11 is 0. The molecule has 0 aliphatic carbocycles. The van der Waals surface area contributed by atoms with Gasteiger partial charge in [0.2, 0.25) is 23.6 Å². The van der Waals surface area contributed by atoms with Crippen LogP contribution >= 0.6 is 0 Å². The molecule has 4 amide bonds. The maximum atomic E-state index is 13.3. The summed E-state index contributed by atoms with van der Waals surface area (Å²) in [7, 11) is 0. The fourth-order valence-electron chi connectivity index (χ4n) is 4.15. The number of benzene rings is 2. The third-order valence-corrected chi connectivity index (χ3v) is 6.42. The van der Waals surface area contributed by atoms with E-state index in [0.717, 1.165) is 5.56 Å². The van der Waals surface area contributed by atoms with Crippen LogP contribution in [0.1, 0.15) is 43.2 Å². The van der Waals surface area contributed by atoms with Crippen LogP contribution < -0.4 is 33.2 Å². The van der Waals surface area contributed by atoms with Crippen molar-refractivity contribution in [2.75, 3.05) is 6.54 Å². The average Bonchev–Trinajstić information content (AvgIpc) is 2.95. The van der Waals surface area contributed by atoms with Crippen LogP contribution in [-0.2, 0) is 36.8 Å². The molecule has 0 bridgehead atoms. The largest absolute Gasteiger partial charge is 0.480 e. The molecule has 0 aliphatic heterocycles. The second kappa shape index (κ2) is 17.4. The lowest BCUT2D eigenvalue weighted by atomic mass is 10.0. The fourth-order valence-corrected chi connectivity index (χ4v) is 4.15. The Hall–Kier alpha value is -4.29. The minimum Gasteiger partial charge on any atom is -0.480 e. The van der Waals surface area contributed by atoms with Crippen LogP contribution in [0.4, 0.5) is 0 Å². The van der Waals surface area contributed by atoms with Crippen molar-refractivity contribution in [3.05, 3.63) is 71.8 Å². The normalized spacial score (nSPS) is 13.7. The molecule has 41 heavy (non-hydrogen) atoms. The summed E-state index contributed by atoms with van der Waals surface area (Å²) < 4.78 is 0. The van der Waals surface area contributed by atoms with Crippen LogP contribution in [0.25, 0.3) is 0 Å². The molecule has 0 heterocycles. The van der Waals surface area contributed by atoms with Crippen molar-refractivity contribution in [1.82, 2.24) is 16.0 Å². The van der Waals surface area contributed by atoms with E-state index in [1.807, 2.05) is 30.3 Å². The van der Waals surface area contributed by atoms with E-state index in [9.17, 15) is 29.1 Å². The van der Waals surface area contributed by atoms with Crippen molar-refractivity contribution >= 4 is 29.6 Å². The Kier molecular flexibility index (Phi) is 14.0. The Morgan fingerprint density at radius 3 is 1.68 bits per heavy atom. The molecule has 0 saturated heterocycles. The molecule has 0 radical (unpaired) electrons. The predicted octanol–water partition coefficient (Wildman–Crippen LogP) is -0.267. The number of carboxylic acid groups (broad SMARTS) is 1. The van der Waals surface area contributed by atoms with Crippen LogP contribution in [-0.4, -0.2) is 65.4 Å². The first-order valence-electron chi connectivity index (χ1n) is 13.6. The molecule has 0 aliphatic rings. The Morgan fingerprint density at radius 2 is 1.17 bits per heavy atom. The maximum absolute atomic E-state index is 13.3. The van der Waals surface area contributed by atoms with Gasteiger partial charge in [0.25, 0.3) is 0 Å². The molecule has 0 saturated carbocycles. The number of unbranched alkanes of at least 4 members (excludes halogenated alkanes) is 1. The lowest BCUT2D eigenvalue weighted by molar-refractivity contribution is -0.142. The molecule has 4 unspecified atom stereocenters. The molecule has 2 aromatic carbocycles. The number of primary amides is 1. The van der Waals surface area contributed by atoms with Crippen molar-refractivity contribution in [3.63, 3.8) is 0 Å². The van der Waals surface area contributed by atoms with E-state index in [1.54, 1.807) is 30.3 Å². The van der Waals surface area contributed by atoms with E-state index in [2.05, 4.69) is 16.0 Å². The third-order valence-electron chi connectivity index (χ3n) is 6.42. The number of hydrogen-bond donors (Lipinski definition) is 7. The van der Waals surface area contributed by atoms with Gasteiger partial charge < -0.3 is 38.3 Å². The van der Waals surface area contributed by atoms with Gasteiger partial charge in [-0.2, -0.15) is 0 Å². The third kappa shape index (κ3) is 12.2. The van der Waals surface area contributed by atoms with Crippen LogP contribution in [0.5, 0.6) is 0 Å². The summed E-state index contributed by atoms with van der Waals surface area (Å²) in [5.41, 5.74) is 18.5. The molecule has 0 spiro atoms. The number of nitrogens with two attached hydrogens (primary N) is 3. The van der Waals surface area contributed by atoms with Gasteiger partial charge in [-0.15, -0.1) is 0 Å². The van der Waals surface area contributed by atoms with E-state index in [0.29, 0.717) is 24.9 Å². The van der Waals surface area contributed by atoms with Gasteiger partial charge in [-0.3, -0.25) is 19.2 Å². The highest BCUT2D eigenvalue weighted by Gasteiger charge is 2.30. The quantitative estimate of drug-likeness (QED) is 0.118. The predicted molar refractivity (Wildman–Crippen MR) is 153 cm³/mol. The molecule has 0 aromatic heterocycles. The molecule has 12 nitrogen and oxygen atoms in total. The zero-order valence-corrected chi connectivity index (χ0v) is 23.0. The lowest BCUT2D eigenvalue weighted by Crippen LogP contribution is -2.57. The van der Waals surface area contributed by atoms with Gasteiger partial charge >= 0.3 is 5.97 Å². The van der Waals surface area contributed by atoms with Gasteiger partial charge in [-0.1, -0.05) is 60.7 Å². The smallest absolute Gasteiger partial charge is 0.326 e. The Balaban J connectivity index is 2.15. The van der Waals surface area contributed by atoms with Crippen molar-refractivity contribution in [3.8, 4) is 0 Å². The van der Waals surface area contributed by atoms with Gasteiger partial charge in [0.05, 0.1) is 6.04 Å². The number of carboxylic acids is 1. The average molecular weight is 569 g/mol. The molecule has 2 rings (SSSR count). The Morgan fingerprint density at radius 1 is 0.683 bits per heavy atom. The zero-order valence-electron chi connectivity index (χ0n) is 23.0. The topological polar surface area (TPSA) is 220 Å². The van der Waals surface area contributed by atoms with E-state index >= 15 is 0 Å². The van der Waals surface area contributed by atoms with E-state index < -0.39 is 53.8 Å². The van der Waals surface area contributed by atoms with E-state index in [1.165, 1.54) is 0 Å². The molecule has 4 atom stereocenters. The van der Waals surface area contributed by atoms with Crippen molar-refractivity contribution in [2.24, 2.45) is 17.2 Å². The van der Waals surface area contributed by atoms with E-state index in [-0.39, 0.29) is 32.1 Å². The number of amides is 4. The number of carbonyl (C=O) groups excluding carboxylic acids is 4. The monoisotopic (exact) mass is 568 g/mol. The number of hydrogen-bond acceptors (Lipinski definition) is 7. The van der Waals surface area contributed by atoms with Crippen LogP contribution in [0.2, 0.25) is 0 Å². The van der Waals surface area contributed by atoms with E-state index in [4.69, 9.17) is 17.2 Å². The first-order chi connectivity index (χ1) is 19.6. The summed E-state index contributed by atoms with van der Waals surface area (Å²) in [5.74, 6) is -3.94. The van der Waals surface area contributed by atoms with Gasteiger partial charge in [-0.25, -0.2) is 4.79 Å². The highest BCUT2D eigenvalue weighted by Crippen LogP contribution is 2.08. The standard InChI is InChI=1S/C29H40N6O6/c30-16-8-7-13-22(27(38)35-24(29(40)41)18-20-11-5-2-6-12-20)34-28(39)23(14-15-25(32)36)33-26(37)21(31)17-19-9-3-1-4-10-19/h1-6,9-12,21-24H,7-8,13-18,30-31H2,(H2,32,36)(H,33,37)(H,34,39)(H,35,38)(H,40,41). The number of nitrogens with one attached hydrogen (secondary N) is 3. The second-order valence-electron chi connectivity index (χ2n) is 9.80. The van der Waals surface area contributed by atoms with Gasteiger partial charge in [0, 0.05) is 12.8 Å². The molecule has 12 heteroatoms. The summed E-state index contributed by atoms with van der Waals surface area (Å²) in [6, 6.07) is 13.4. The summed E-state index contributed by atoms with van der Waals surface area (Å²) in [6.45, 7) is 0.366. The lowest BCUT2D eigenvalue weighted by Gasteiger charge is -2.25. The Bertz CT molecular complexity index is 1150. The van der Waals surface area contributed by atoms with Crippen LogP contribution in [0.15, 0.2) is 60.7 Å². The SMILES string of the molecule is NCCCCC(NC(=O)C(CCC(N)=O)NC(=O)C(N)Cc1ccccc1)C(=O)NC(Cc1ccccc1)C(=O)O. The molecule has 222 valence electrons. The molecular formula is C29H40N6O6. The number of aliphatic carboxylic acids is 1. The molecule has 10 N–H and O–H groups in total. The van der Waals surface area contributed by atoms with Crippen LogP contribution in [0.3, 0.4) is 0 Å². The first kappa shape index (κ1) is 32.9. The number of carbonyl (C=O) groups is 5. The summed E-state index contributed by atoms with van der Waals surface area (Å²) in [6.07, 6.45) is 1.17. The highest BCUT2D eigenvalue weighted by atomic mass is 16.4. The maximum Gasteiger partial charge on any atom is 0.326 e. The second-order valence-corrected chi connectivity index (χ2v) is 9.80. The van der Waals surface area contributed by atoms with Gasteiger partial charge in [-0.05, 0) is 49.8 Å². The zero-order chi connectivity index (χ0) is 30.2. The molecular weight excluding hydrogens is 528 g/mol. The Labute approximate surface area is 239 Å².